The SMILES string of the molecule is Cc1nnc(SCCNC(=O)Cc2ccsc2)s1. The molecule has 0 aromatic carbocycles. The number of nitrogens with one attached hydrogen (secondary N) is 1. The quantitative estimate of drug-likeness (QED) is 0.657. The van der Waals surface area contributed by atoms with Crippen molar-refractivity contribution in [3.63, 3.8) is 0 Å². The fourth-order valence-electron chi connectivity index (χ4n) is 1.31. The van der Waals surface area contributed by atoms with Gasteiger partial charge in [0.1, 0.15) is 5.01 Å². The molecule has 0 aliphatic heterocycles. The number of hydrogen-bond acceptors (Lipinski definition) is 6. The minimum atomic E-state index is 0.0717. The van der Waals surface area contributed by atoms with E-state index in [2.05, 4.69) is 15.5 Å². The number of thioether (sulfide) groups is 1. The van der Waals surface area contributed by atoms with E-state index in [-0.39, 0.29) is 5.91 Å². The smallest absolute Gasteiger partial charge is 0.224 e. The summed E-state index contributed by atoms with van der Waals surface area (Å²) in [5.41, 5.74) is 1.07. The van der Waals surface area contributed by atoms with Crippen LogP contribution in [0.4, 0.5) is 0 Å². The molecule has 0 saturated heterocycles. The van der Waals surface area contributed by atoms with Gasteiger partial charge < -0.3 is 5.32 Å². The average molecular weight is 299 g/mol. The number of aromatic nitrogens is 2. The van der Waals surface area contributed by atoms with Crippen molar-refractivity contribution < 1.29 is 4.79 Å². The van der Waals surface area contributed by atoms with Crippen molar-refractivity contribution in [2.45, 2.75) is 17.7 Å². The van der Waals surface area contributed by atoms with Crippen LogP contribution >= 0.6 is 34.4 Å². The molecule has 2 heterocycles. The van der Waals surface area contributed by atoms with Gasteiger partial charge in [-0.15, -0.1) is 10.2 Å². The Morgan fingerprint density at radius 1 is 1.50 bits per heavy atom. The third-order valence-corrected chi connectivity index (χ3v) is 4.81. The first-order chi connectivity index (χ1) is 8.74. The first-order valence-electron chi connectivity index (χ1n) is 5.45. The van der Waals surface area contributed by atoms with Crippen molar-refractivity contribution >= 4 is 40.3 Å². The molecule has 0 unspecified atom stereocenters. The van der Waals surface area contributed by atoms with Crippen LogP contribution in [0.25, 0.3) is 0 Å². The summed E-state index contributed by atoms with van der Waals surface area (Å²) in [5.74, 6) is 0.895. The second-order valence-corrected chi connectivity index (χ2v) is 6.90. The molecule has 0 spiro atoms. The molecule has 2 aromatic rings. The lowest BCUT2D eigenvalue weighted by atomic mass is 10.2. The van der Waals surface area contributed by atoms with E-state index >= 15 is 0 Å². The molecular weight excluding hydrogens is 286 g/mol. The fourth-order valence-corrected chi connectivity index (χ4v) is 3.72. The Balaban J connectivity index is 1.62. The van der Waals surface area contributed by atoms with Gasteiger partial charge in [0.15, 0.2) is 4.34 Å². The Labute approximate surface area is 118 Å². The third-order valence-electron chi connectivity index (χ3n) is 2.10. The first kappa shape index (κ1) is 13.5. The van der Waals surface area contributed by atoms with Gasteiger partial charge in [0.05, 0.1) is 6.42 Å². The zero-order chi connectivity index (χ0) is 12.8. The number of thiophene rings is 1. The summed E-state index contributed by atoms with van der Waals surface area (Å²) in [6, 6.07) is 1.98. The predicted molar refractivity (Wildman–Crippen MR) is 76.4 cm³/mol. The second-order valence-electron chi connectivity index (χ2n) is 3.59. The van der Waals surface area contributed by atoms with Crippen molar-refractivity contribution in [1.82, 2.24) is 15.5 Å². The molecule has 96 valence electrons. The van der Waals surface area contributed by atoms with Gasteiger partial charge in [0, 0.05) is 12.3 Å². The minimum Gasteiger partial charge on any atom is -0.355 e. The van der Waals surface area contributed by atoms with Crippen LogP contribution in [0, 0.1) is 6.92 Å². The molecule has 0 radical (unpaired) electrons. The van der Waals surface area contributed by atoms with Crippen LogP contribution in [-0.2, 0) is 11.2 Å². The van der Waals surface area contributed by atoms with Gasteiger partial charge >= 0.3 is 0 Å². The molecule has 18 heavy (non-hydrogen) atoms. The largest absolute Gasteiger partial charge is 0.355 e. The maximum atomic E-state index is 11.6. The summed E-state index contributed by atoms with van der Waals surface area (Å²) in [6.45, 7) is 2.59. The van der Waals surface area contributed by atoms with E-state index in [0.717, 1.165) is 20.7 Å². The molecule has 2 rings (SSSR count). The number of carbonyl (C=O) groups excluding carboxylic acids is 1. The highest BCUT2D eigenvalue weighted by Gasteiger charge is 2.04. The zero-order valence-corrected chi connectivity index (χ0v) is 12.3. The summed E-state index contributed by atoms with van der Waals surface area (Å²) in [6.07, 6.45) is 0.464. The Kier molecular flexibility index (Phi) is 5.15. The summed E-state index contributed by atoms with van der Waals surface area (Å²) in [7, 11) is 0. The van der Waals surface area contributed by atoms with Crippen LogP contribution in [0.2, 0.25) is 0 Å². The number of amides is 1. The zero-order valence-electron chi connectivity index (χ0n) is 9.88. The van der Waals surface area contributed by atoms with Gasteiger partial charge in [-0.2, -0.15) is 11.3 Å². The number of rotatable bonds is 6. The highest BCUT2D eigenvalue weighted by Crippen LogP contribution is 2.20. The lowest BCUT2D eigenvalue weighted by molar-refractivity contribution is -0.120. The lowest BCUT2D eigenvalue weighted by Crippen LogP contribution is -2.27. The van der Waals surface area contributed by atoms with E-state index in [4.69, 9.17) is 0 Å². The van der Waals surface area contributed by atoms with Gasteiger partial charge in [-0.25, -0.2) is 0 Å². The van der Waals surface area contributed by atoms with Gasteiger partial charge in [0.25, 0.3) is 0 Å². The molecule has 2 aromatic heterocycles. The van der Waals surface area contributed by atoms with Crippen LogP contribution in [0.15, 0.2) is 21.2 Å². The average Bonchev–Trinajstić information content (AvgIpc) is 2.96. The van der Waals surface area contributed by atoms with Crippen LogP contribution < -0.4 is 5.32 Å². The monoisotopic (exact) mass is 299 g/mol. The number of nitrogens with zero attached hydrogens (tertiary/aromatic N) is 2. The summed E-state index contributed by atoms with van der Waals surface area (Å²) in [5, 5.41) is 15.8. The second kappa shape index (κ2) is 6.86. The van der Waals surface area contributed by atoms with Crippen LogP contribution in [0.3, 0.4) is 0 Å². The molecule has 0 atom stereocenters. The van der Waals surface area contributed by atoms with E-state index in [1.165, 1.54) is 0 Å². The standard InChI is InChI=1S/C11H13N3OS3/c1-8-13-14-11(18-8)17-5-3-12-10(15)6-9-2-4-16-7-9/h2,4,7H,3,5-6H2,1H3,(H,12,15). The Bertz CT molecular complexity index is 495. The van der Waals surface area contributed by atoms with Crippen molar-refractivity contribution in [1.29, 1.82) is 0 Å². The van der Waals surface area contributed by atoms with Crippen LogP contribution in [-0.4, -0.2) is 28.4 Å². The van der Waals surface area contributed by atoms with Crippen molar-refractivity contribution in [2.24, 2.45) is 0 Å². The van der Waals surface area contributed by atoms with E-state index in [0.29, 0.717) is 13.0 Å². The van der Waals surface area contributed by atoms with Crippen molar-refractivity contribution in [3.05, 3.63) is 27.4 Å². The number of carbonyl (C=O) groups is 1. The molecule has 1 amide bonds. The Morgan fingerprint density at radius 2 is 2.39 bits per heavy atom. The van der Waals surface area contributed by atoms with Gasteiger partial charge in [-0.1, -0.05) is 23.1 Å². The minimum absolute atomic E-state index is 0.0717. The summed E-state index contributed by atoms with van der Waals surface area (Å²) < 4.78 is 0.958. The predicted octanol–water partition coefficient (Wildman–Crippen LogP) is 2.36. The summed E-state index contributed by atoms with van der Waals surface area (Å²) in [4.78, 5) is 11.6. The molecular formula is C11H13N3OS3. The maximum absolute atomic E-state index is 11.6. The lowest BCUT2D eigenvalue weighted by Gasteiger charge is -2.02. The van der Waals surface area contributed by atoms with Gasteiger partial charge in [-0.3, -0.25) is 4.79 Å². The molecule has 0 saturated carbocycles. The van der Waals surface area contributed by atoms with E-state index in [9.17, 15) is 4.79 Å². The molecule has 0 bridgehead atoms. The van der Waals surface area contributed by atoms with E-state index in [1.54, 1.807) is 34.4 Å². The molecule has 0 aliphatic rings. The molecule has 7 heteroatoms. The Morgan fingerprint density at radius 3 is 3.06 bits per heavy atom. The molecule has 1 N–H and O–H groups in total. The number of aryl methyl sites for hydroxylation is 1. The highest BCUT2D eigenvalue weighted by molar-refractivity contribution is 8.01. The van der Waals surface area contributed by atoms with Crippen LogP contribution in [0.5, 0.6) is 0 Å². The summed E-state index contributed by atoms with van der Waals surface area (Å²) >= 11 is 4.81. The van der Waals surface area contributed by atoms with Crippen molar-refractivity contribution in [2.75, 3.05) is 12.3 Å². The molecule has 0 aliphatic carbocycles. The van der Waals surface area contributed by atoms with Gasteiger partial charge in [-0.05, 0) is 29.3 Å². The van der Waals surface area contributed by atoms with E-state index in [1.807, 2.05) is 23.8 Å². The topological polar surface area (TPSA) is 54.9 Å². The highest BCUT2D eigenvalue weighted by atomic mass is 32.2. The maximum Gasteiger partial charge on any atom is 0.224 e. The fraction of sp³-hybridized carbons (Fsp3) is 0.364. The molecule has 0 fully saturated rings. The van der Waals surface area contributed by atoms with Gasteiger partial charge in [0.2, 0.25) is 5.91 Å². The first-order valence-corrected chi connectivity index (χ1v) is 8.19. The van der Waals surface area contributed by atoms with Crippen molar-refractivity contribution in [3.8, 4) is 0 Å². The third kappa shape index (κ3) is 4.40. The molecule has 4 nitrogen and oxygen atoms in total. The van der Waals surface area contributed by atoms with E-state index < -0.39 is 0 Å². The normalized spacial score (nSPS) is 10.5. The number of hydrogen-bond donors (Lipinski definition) is 1. The van der Waals surface area contributed by atoms with Crippen LogP contribution in [0.1, 0.15) is 10.6 Å². The Hall–Kier alpha value is -0.920.